The van der Waals surface area contributed by atoms with Gasteiger partial charge in [0.25, 0.3) is 0 Å². The minimum atomic E-state index is -0.316. The van der Waals surface area contributed by atoms with Crippen LogP contribution >= 0.6 is 0 Å². The standard InChI is InChI=1S/C20H32O/c1-14-7-6-8-15(2)13-19-18(20(19,4)5)10-9-16(3)12-17(21)11-14/h7,12-13,17-19,21H,6,8-11H2,1-5H3/t17-,18+,19-/m1/s1. The van der Waals surface area contributed by atoms with Crippen LogP contribution in [0, 0.1) is 17.3 Å². The number of allylic oxidation sites excluding steroid dienone is 4. The molecule has 0 aromatic carbocycles. The van der Waals surface area contributed by atoms with Gasteiger partial charge >= 0.3 is 0 Å². The van der Waals surface area contributed by atoms with Crippen LogP contribution in [0.3, 0.4) is 0 Å². The van der Waals surface area contributed by atoms with Crippen LogP contribution in [0.25, 0.3) is 0 Å². The fourth-order valence-electron chi connectivity index (χ4n) is 3.87. The molecule has 0 bridgehead atoms. The Morgan fingerprint density at radius 2 is 1.67 bits per heavy atom. The molecule has 1 saturated carbocycles. The molecule has 1 fully saturated rings. The van der Waals surface area contributed by atoms with E-state index in [1.165, 1.54) is 23.1 Å². The molecule has 2 aliphatic rings. The third-order valence-electron chi connectivity index (χ3n) is 5.49. The van der Waals surface area contributed by atoms with Gasteiger partial charge in [-0.1, -0.05) is 48.8 Å². The van der Waals surface area contributed by atoms with E-state index in [-0.39, 0.29) is 6.10 Å². The highest BCUT2D eigenvalue weighted by Crippen LogP contribution is 2.61. The lowest BCUT2D eigenvalue weighted by atomic mass is 10.00. The molecule has 0 heterocycles. The Bertz CT molecular complexity index is 464. The van der Waals surface area contributed by atoms with Crippen molar-refractivity contribution in [2.24, 2.45) is 17.3 Å². The van der Waals surface area contributed by atoms with Crippen molar-refractivity contribution < 1.29 is 5.11 Å². The highest BCUT2D eigenvalue weighted by atomic mass is 16.3. The normalized spacial score (nSPS) is 34.0. The van der Waals surface area contributed by atoms with Crippen molar-refractivity contribution in [1.29, 1.82) is 0 Å². The third kappa shape index (κ3) is 4.32. The largest absolute Gasteiger partial charge is 0.389 e. The molecule has 2 rings (SSSR count). The maximum absolute atomic E-state index is 10.2. The SMILES string of the molecule is CC1=C[C@@H]2[C@H](CCC(C)=C[C@H](O)CC(C)=CCC1)C2(C)C. The van der Waals surface area contributed by atoms with Crippen LogP contribution in [0.15, 0.2) is 34.9 Å². The van der Waals surface area contributed by atoms with E-state index in [0.717, 1.165) is 37.5 Å². The van der Waals surface area contributed by atoms with E-state index < -0.39 is 0 Å². The van der Waals surface area contributed by atoms with Crippen molar-refractivity contribution in [3.63, 3.8) is 0 Å². The summed E-state index contributed by atoms with van der Waals surface area (Å²) in [5, 5.41) is 10.2. The van der Waals surface area contributed by atoms with E-state index in [9.17, 15) is 5.11 Å². The second-order valence-corrected chi connectivity index (χ2v) is 7.88. The monoisotopic (exact) mass is 288 g/mol. The van der Waals surface area contributed by atoms with E-state index in [1.807, 2.05) is 0 Å². The Labute approximate surface area is 130 Å². The summed E-state index contributed by atoms with van der Waals surface area (Å²) < 4.78 is 0. The summed E-state index contributed by atoms with van der Waals surface area (Å²) in [6.07, 6.45) is 12.0. The Hall–Kier alpha value is -0.820. The first kappa shape index (κ1) is 16.5. The summed E-state index contributed by atoms with van der Waals surface area (Å²) in [4.78, 5) is 0. The van der Waals surface area contributed by atoms with E-state index in [0.29, 0.717) is 5.41 Å². The van der Waals surface area contributed by atoms with Crippen LogP contribution in [0.2, 0.25) is 0 Å². The van der Waals surface area contributed by atoms with Crippen LogP contribution in [-0.2, 0) is 0 Å². The molecule has 3 atom stereocenters. The molecule has 0 unspecified atom stereocenters. The molecule has 0 aromatic heterocycles. The molecule has 21 heavy (non-hydrogen) atoms. The first-order valence-electron chi connectivity index (χ1n) is 8.49. The van der Waals surface area contributed by atoms with Crippen LogP contribution < -0.4 is 0 Å². The minimum absolute atomic E-state index is 0.316. The molecule has 0 aromatic rings. The first-order chi connectivity index (χ1) is 9.80. The van der Waals surface area contributed by atoms with Crippen LogP contribution in [-0.4, -0.2) is 11.2 Å². The Balaban J connectivity index is 2.14. The maximum atomic E-state index is 10.2. The molecular formula is C20H32O. The number of aliphatic hydroxyl groups is 1. The summed E-state index contributed by atoms with van der Waals surface area (Å²) in [5.74, 6) is 1.57. The summed E-state index contributed by atoms with van der Waals surface area (Å²) in [7, 11) is 0. The molecule has 118 valence electrons. The van der Waals surface area contributed by atoms with Crippen LogP contribution in [0.5, 0.6) is 0 Å². The third-order valence-corrected chi connectivity index (χ3v) is 5.49. The van der Waals surface area contributed by atoms with Gasteiger partial charge in [-0.25, -0.2) is 0 Å². The van der Waals surface area contributed by atoms with E-state index >= 15 is 0 Å². The van der Waals surface area contributed by atoms with Gasteiger partial charge in [-0.05, 0) is 70.1 Å². The lowest BCUT2D eigenvalue weighted by Gasteiger charge is -2.10. The zero-order valence-electron chi connectivity index (χ0n) is 14.4. The maximum Gasteiger partial charge on any atom is 0.0760 e. The van der Waals surface area contributed by atoms with Gasteiger partial charge in [0.1, 0.15) is 0 Å². The van der Waals surface area contributed by atoms with Gasteiger partial charge in [-0.3, -0.25) is 0 Å². The van der Waals surface area contributed by atoms with E-state index in [1.54, 1.807) is 0 Å². The second-order valence-electron chi connectivity index (χ2n) is 7.88. The van der Waals surface area contributed by atoms with Gasteiger partial charge in [0, 0.05) is 0 Å². The number of aliphatic hydroxyl groups excluding tert-OH is 1. The predicted molar refractivity (Wildman–Crippen MR) is 91.1 cm³/mol. The van der Waals surface area contributed by atoms with E-state index in [4.69, 9.17) is 0 Å². The summed E-state index contributed by atoms with van der Waals surface area (Å²) >= 11 is 0. The minimum Gasteiger partial charge on any atom is -0.389 e. The van der Waals surface area contributed by atoms with Crippen LogP contribution in [0.1, 0.15) is 66.7 Å². The highest BCUT2D eigenvalue weighted by molar-refractivity contribution is 5.19. The lowest BCUT2D eigenvalue weighted by Crippen LogP contribution is -2.04. The Kier molecular flexibility index (Phi) is 5.14. The lowest BCUT2D eigenvalue weighted by molar-refractivity contribution is 0.222. The van der Waals surface area contributed by atoms with Crippen LogP contribution in [0.4, 0.5) is 0 Å². The molecule has 1 N–H and O–H groups in total. The van der Waals surface area contributed by atoms with Gasteiger partial charge in [0.15, 0.2) is 0 Å². The fraction of sp³-hybridized carbons (Fsp3) is 0.700. The molecule has 2 aliphatic carbocycles. The molecule has 1 heteroatoms. The average Bonchev–Trinajstić information content (AvgIpc) is 2.86. The summed E-state index contributed by atoms with van der Waals surface area (Å²) in [6, 6.07) is 0. The smallest absolute Gasteiger partial charge is 0.0760 e. The number of fused-ring (bicyclic) bond motifs is 1. The number of rotatable bonds is 0. The van der Waals surface area contributed by atoms with Gasteiger partial charge in [-0.2, -0.15) is 0 Å². The van der Waals surface area contributed by atoms with Crippen molar-refractivity contribution in [1.82, 2.24) is 0 Å². The molecule has 1 nitrogen and oxygen atoms in total. The second kappa shape index (κ2) is 6.52. The molecule has 0 saturated heterocycles. The van der Waals surface area contributed by atoms with Crippen molar-refractivity contribution in [2.75, 3.05) is 0 Å². The zero-order chi connectivity index (χ0) is 15.6. The van der Waals surface area contributed by atoms with Crippen molar-refractivity contribution in [3.05, 3.63) is 34.9 Å². The summed E-state index contributed by atoms with van der Waals surface area (Å²) in [6.45, 7) is 11.4. The number of hydrogen-bond donors (Lipinski definition) is 1. The Morgan fingerprint density at radius 1 is 1.00 bits per heavy atom. The van der Waals surface area contributed by atoms with Gasteiger partial charge in [0.05, 0.1) is 6.10 Å². The number of hydrogen-bond acceptors (Lipinski definition) is 1. The average molecular weight is 288 g/mol. The quantitative estimate of drug-likeness (QED) is 0.590. The molecule has 0 spiro atoms. The predicted octanol–water partition coefficient (Wildman–Crippen LogP) is 5.42. The molecule has 0 radical (unpaired) electrons. The molecule has 0 aliphatic heterocycles. The molecule has 0 amide bonds. The van der Waals surface area contributed by atoms with E-state index in [2.05, 4.69) is 52.8 Å². The zero-order valence-corrected chi connectivity index (χ0v) is 14.4. The van der Waals surface area contributed by atoms with Crippen molar-refractivity contribution >= 4 is 0 Å². The van der Waals surface area contributed by atoms with Crippen molar-refractivity contribution in [3.8, 4) is 0 Å². The topological polar surface area (TPSA) is 20.2 Å². The Morgan fingerprint density at radius 3 is 2.38 bits per heavy atom. The van der Waals surface area contributed by atoms with Gasteiger partial charge in [0.2, 0.25) is 0 Å². The highest BCUT2D eigenvalue weighted by Gasteiger charge is 2.55. The first-order valence-corrected chi connectivity index (χ1v) is 8.49. The fourth-order valence-corrected chi connectivity index (χ4v) is 3.87. The molecular weight excluding hydrogens is 256 g/mol. The van der Waals surface area contributed by atoms with Gasteiger partial charge < -0.3 is 5.11 Å². The summed E-state index contributed by atoms with van der Waals surface area (Å²) in [5.41, 5.74) is 4.64. The van der Waals surface area contributed by atoms with Crippen molar-refractivity contribution in [2.45, 2.75) is 72.8 Å². The van der Waals surface area contributed by atoms with Gasteiger partial charge in [-0.15, -0.1) is 0 Å².